The summed E-state index contributed by atoms with van der Waals surface area (Å²) in [6.07, 6.45) is -0.893. The highest BCUT2D eigenvalue weighted by Crippen LogP contribution is 2.23. The Labute approximate surface area is 98.8 Å². The minimum atomic E-state index is -0.893. The maximum absolute atomic E-state index is 11.7. The summed E-state index contributed by atoms with van der Waals surface area (Å²) in [7, 11) is 0. The molecular weight excluding hydrogens is 220 g/mol. The van der Waals surface area contributed by atoms with Crippen LogP contribution in [0.15, 0.2) is 41.5 Å². The van der Waals surface area contributed by atoms with Crippen LogP contribution in [0.3, 0.4) is 0 Å². The summed E-state index contributed by atoms with van der Waals surface area (Å²) < 4.78 is 10.0. The van der Waals surface area contributed by atoms with Gasteiger partial charge < -0.3 is 9.47 Å². The van der Waals surface area contributed by atoms with Gasteiger partial charge in [0.1, 0.15) is 0 Å². The van der Waals surface area contributed by atoms with E-state index >= 15 is 0 Å². The van der Waals surface area contributed by atoms with Gasteiger partial charge in [-0.25, -0.2) is 9.59 Å². The molecule has 17 heavy (non-hydrogen) atoms. The Kier molecular flexibility index (Phi) is 2.95. The number of ether oxygens (including phenoxy) is 2. The van der Waals surface area contributed by atoms with E-state index in [0.717, 1.165) is 0 Å². The zero-order valence-electron chi connectivity index (χ0n) is 9.60. The molecule has 88 valence electrons. The van der Waals surface area contributed by atoms with Gasteiger partial charge in [-0.15, -0.1) is 0 Å². The summed E-state index contributed by atoms with van der Waals surface area (Å²) in [4.78, 5) is 23.0. The van der Waals surface area contributed by atoms with Gasteiger partial charge in [0.05, 0.1) is 5.56 Å². The molecule has 0 spiro atoms. The first-order valence-corrected chi connectivity index (χ1v) is 5.24. The zero-order valence-corrected chi connectivity index (χ0v) is 9.60. The van der Waals surface area contributed by atoms with Crippen molar-refractivity contribution in [3.63, 3.8) is 0 Å². The summed E-state index contributed by atoms with van der Waals surface area (Å²) in [6, 6.07) is 8.58. The molecule has 1 aliphatic rings. The third kappa shape index (κ3) is 2.20. The van der Waals surface area contributed by atoms with E-state index in [4.69, 9.17) is 9.47 Å². The van der Waals surface area contributed by atoms with Gasteiger partial charge >= 0.3 is 11.9 Å². The van der Waals surface area contributed by atoms with Crippen LogP contribution < -0.4 is 0 Å². The average molecular weight is 232 g/mol. The van der Waals surface area contributed by atoms with Crippen molar-refractivity contribution in [2.45, 2.75) is 20.1 Å². The molecule has 0 saturated carbocycles. The number of benzene rings is 1. The van der Waals surface area contributed by atoms with E-state index in [2.05, 4.69) is 0 Å². The van der Waals surface area contributed by atoms with Crippen LogP contribution in [0.25, 0.3) is 0 Å². The molecule has 0 bridgehead atoms. The third-order valence-electron chi connectivity index (χ3n) is 2.69. The molecule has 0 aliphatic carbocycles. The number of hydrogen-bond donors (Lipinski definition) is 0. The van der Waals surface area contributed by atoms with Crippen LogP contribution in [-0.2, 0) is 14.3 Å². The minimum absolute atomic E-state index is 0.431. The Morgan fingerprint density at radius 2 is 1.88 bits per heavy atom. The summed E-state index contributed by atoms with van der Waals surface area (Å²) in [5.74, 6) is -0.939. The topological polar surface area (TPSA) is 52.6 Å². The van der Waals surface area contributed by atoms with E-state index < -0.39 is 18.2 Å². The highest BCUT2D eigenvalue weighted by atomic mass is 16.7. The number of cyclic esters (lactones) is 1. The van der Waals surface area contributed by atoms with Crippen molar-refractivity contribution < 1.29 is 19.1 Å². The van der Waals surface area contributed by atoms with Crippen LogP contribution in [-0.4, -0.2) is 18.2 Å². The summed E-state index contributed by atoms with van der Waals surface area (Å²) >= 11 is 0. The maximum atomic E-state index is 11.7. The molecular formula is C13H12O4. The molecule has 0 amide bonds. The standard InChI is InChI=1S/C13H12O4/c1-8-9(2)13(16-11(8)14)17-12(15)10-6-4-3-5-7-10/h3-7,13H,1-2H3. The van der Waals surface area contributed by atoms with Gasteiger partial charge in [-0.3, -0.25) is 0 Å². The van der Waals surface area contributed by atoms with Crippen LogP contribution in [0.2, 0.25) is 0 Å². The van der Waals surface area contributed by atoms with Crippen LogP contribution in [0, 0.1) is 0 Å². The van der Waals surface area contributed by atoms with Crippen LogP contribution in [0.5, 0.6) is 0 Å². The second-order valence-corrected chi connectivity index (χ2v) is 3.82. The van der Waals surface area contributed by atoms with E-state index in [9.17, 15) is 9.59 Å². The van der Waals surface area contributed by atoms with Crippen LogP contribution in [0.4, 0.5) is 0 Å². The number of hydrogen-bond acceptors (Lipinski definition) is 4. The van der Waals surface area contributed by atoms with Gasteiger partial charge in [0, 0.05) is 11.1 Å². The fraction of sp³-hybridized carbons (Fsp3) is 0.231. The molecule has 0 radical (unpaired) electrons. The lowest BCUT2D eigenvalue weighted by Crippen LogP contribution is -2.20. The van der Waals surface area contributed by atoms with Crippen molar-refractivity contribution in [2.75, 3.05) is 0 Å². The van der Waals surface area contributed by atoms with Crippen molar-refractivity contribution in [1.29, 1.82) is 0 Å². The molecule has 1 aromatic carbocycles. The zero-order chi connectivity index (χ0) is 12.4. The van der Waals surface area contributed by atoms with Gasteiger partial charge in [0.15, 0.2) is 0 Å². The molecule has 4 heteroatoms. The maximum Gasteiger partial charge on any atom is 0.341 e. The second kappa shape index (κ2) is 4.41. The lowest BCUT2D eigenvalue weighted by atomic mass is 10.2. The van der Waals surface area contributed by atoms with Crippen molar-refractivity contribution >= 4 is 11.9 Å². The molecule has 1 atom stereocenters. The Morgan fingerprint density at radius 3 is 2.41 bits per heavy atom. The predicted molar refractivity (Wildman–Crippen MR) is 60.1 cm³/mol. The first kappa shape index (κ1) is 11.4. The second-order valence-electron chi connectivity index (χ2n) is 3.82. The fourth-order valence-electron chi connectivity index (χ4n) is 1.46. The molecule has 1 aromatic rings. The Balaban J connectivity index is 2.09. The molecule has 1 aliphatic heterocycles. The molecule has 0 aromatic heterocycles. The molecule has 2 rings (SSSR count). The number of carbonyl (C=O) groups is 2. The number of carbonyl (C=O) groups excluding carboxylic acids is 2. The summed E-state index contributed by atoms with van der Waals surface area (Å²) in [5.41, 5.74) is 1.57. The first-order valence-electron chi connectivity index (χ1n) is 5.24. The Bertz CT molecular complexity index is 487. The highest BCUT2D eigenvalue weighted by molar-refractivity contribution is 5.93. The van der Waals surface area contributed by atoms with Crippen molar-refractivity contribution in [1.82, 2.24) is 0 Å². The number of rotatable bonds is 2. The van der Waals surface area contributed by atoms with Crippen LogP contribution >= 0.6 is 0 Å². The van der Waals surface area contributed by atoms with Gasteiger partial charge in [0.2, 0.25) is 0 Å². The average Bonchev–Trinajstić information content (AvgIpc) is 2.58. The molecule has 1 unspecified atom stereocenters. The lowest BCUT2D eigenvalue weighted by Gasteiger charge is -2.12. The van der Waals surface area contributed by atoms with Crippen molar-refractivity contribution in [3.8, 4) is 0 Å². The molecule has 0 saturated heterocycles. The van der Waals surface area contributed by atoms with Crippen molar-refractivity contribution in [3.05, 3.63) is 47.0 Å². The summed E-state index contributed by atoms with van der Waals surface area (Å²) in [5, 5.41) is 0. The van der Waals surface area contributed by atoms with Gasteiger partial charge in [-0.2, -0.15) is 0 Å². The van der Waals surface area contributed by atoms with Gasteiger partial charge in [-0.05, 0) is 26.0 Å². The van der Waals surface area contributed by atoms with Crippen LogP contribution in [0.1, 0.15) is 24.2 Å². The van der Waals surface area contributed by atoms with Gasteiger partial charge in [-0.1, -0.05) is 18.2 Å². The largest absolute Gasteiger partial charge is 0.418 e. The lowest BCUT2D eigenvalue weighted by molar-refractivity contribution is -0.152. The quantitative estimate of drug-likeness (QED) is 0.732. The van der Waals surface area contributed by atoms with E-state index in [0.29, 0.717) is 16.7 Å². The van der Waals surface area contributed by atoms with E-state index in [1.54, 1.807) is 38.1 Å². The predicted octanol–water partition coefficient (Wildman–Crippen LogP) is 2.06. The van der Waals surface area contributed by atoms with E-state index in [-0.39, 0.29) is 0 Å². The Hall–Kier alpha value is -2.10. The molecule has 0 fully saturated rings. The highest BCUT2D eigenvalue weighted by Gasteiger charge is 2.31. The van der Waals surface area contributed by atoms with E-state index in [1.807, 2.05) is 6.07 Å². The Morgan fingerprint density at radius 1 is 1.24 bits per heavy atom. The van der Waals surface area contributed by atoms with Gasteiger partial charge in [0.25, 0.3) is 6.29 Å². The minimum Gasteiger partial charge on any atom is -0.418 e. The molecule has 4 nitrogen and oxygen atoms in total. The monoisotopic (exact) mass is 232 g/mol. The number of esters is 2. The normalized spacial score (nSPS) is 19.2. The fourth-order valence-corrected chi connectivity index (χ4v) is 1.46. The third-order valence-corrected chi connectivity index (χ3v) is 2.69. The van der Waals surface area contributed by atoms with E-state index in [1.165, 1.54) is 0 Å². The SMILES string of the molecule is CC1=C(C)C(OC(=O)c2ccccc2)OC1=O. The summed E-state index contributed by atoms with van der Waals surface area (Å²) in [6.45, 7) is 3.36. The molecule has 0 N–H and O–H groups in total. The smallest absolute Gasteiger partial charge is 0.341 e. The van der Waals surface area contributed by atoms with Crippen molar-refractivity contribution in [2.24, 2.45) is 0 Å². The first-order chi connectivity index (χ1) is 8.09. The molecule has 1 heterocycles.